The largest absolute Gasteiger partial charge is 0.505 e. The summed E-state index contributed by atoms with van der Waals surface area (Å²) in [6, 6.07) is 7.45. The molecule has 7 nitrogen and oxygen atoms in total. The molecule has 0 bridgehead atoms. The first-order valence-electron chi connectivity index (χ1n) is 8.39. The highest BCUT2D eigenvalue weighted by molar-refractivity contribution is 6.54. The topological polar surface area (TPSA) is 98.4 Å². The maximum atomic E-state index is 12.7. The molecule has 1 aromatic heterocycles. The predicted molar refractivity (Wildman–Crippen MR) is 99.8 cm³/mol. The highest BCUT2D eigenvalue weighted by Gasteiger charge is 2.33. The Morgan fingerprint density at radius 1 is 1.31 bits per heavy atom. The van der Waals surface area contributed by atoms with Gasteiger partial charge in [0.25, 0.3) is 5.91 Å². The number of aliphatic hydroxyl groups is 1. The number of anilines is 1. The number of fused-ring (bicyclic) bond motifs is 1. The van der Waals surface area contributed by atoms with E-state index in [2.05, 4.69) is 15.2 Å². The molecule has 0 unspecified atom stereocenters. The average Bonchev–Trinajstić information content (AvgIpc) is 2.91. The molecule has 1 aliphatic rings. The molecule has 7 heteroatoms. The SMILES string of the molecule is CCCN1C(=O)/C(=N/N=C/c2c(CO)cnc(C)c2O)c2ccccc21. The molecular weight excluding hydrogens is 332 g/mol. The van der Waals surface area contributed by atoms with E-state index in [9.17, 15) is 15.0 Å². The molecular formula is C19H20N4O3. The van der Waals surface area contributed by atoms with Crippen LogP contribution in [0.4, 0.5) is 5.69 Å². The number of hydrogen-bond acceptors (Lipinski definition) is 6. The van der Waals surface area contributed by atoms with E-state index >= 15 is 0 Å². The van der Waals surface area contributed by atoms with Gasteiger partial charge in [0.1, 0.15) is 5.75 Å². The number of aryl methyl sites for hydroxylation is 1. The lowest BCUT2D eigenvalue weighted by atomic mass is 10.1. The average molecular weight is 352 g/mol. The van der Waals surface area contributed by atoms with Crippen LogP contribution in [0.15, 0.2) is 40.7 Å². The van der Waals surface area contributed by atoms with Crippen LogP contribution in [-0.2, 0) is 11.4 Å². The first-order valence-corrected chi connectivity index (χ1v) is 8.39. The van der Waals surface area contributed by atoms with E-state index in [1.165, 1.54) is 12.4 Å². The number of amides is 1. The van der Waals surface area contributed by atoms with Gasteiger partial charge in [-0.3, -0.25) is 9.78 Å². The van der Waals surface area contributed by atoms with Gasteiger partial charge >= 0.3 is 0 Å². The number of rotatable bonds is 5. The highest BCUT2D eigenvalue weighted by atomic mass is 16.3. The van der Waals surface area contributed by atoms with E-state index in [-0.39, 0.29) is 24.0 Å². The van der Waals surface area contributed by atoms with Crippen LogP contribution in [0.2, 0.25) is 0 Å². The number of benzene rings is 1. The Labute approximate surface area is 151 Å². The molecule has 0 atom stereocenters. The Morgan fingerprint density at radius 3 is 2.81 bits per heavy atom. The van der Waals surface area contributed by atoms with Crippen LogP contribution >= 0.6 is 0 Å². The smallest absolute Gasteiger partial charge is 0.279 e. The van der Waals surface area contributed by atoms with Gasteiger partial charge in [-0.1, -0.05) is 25.1 Å². The molecule has 26 heavy (non-hydrogen) atoms. The molecule has 0 radical (unpaired) electrons. The molecule has 1 amide bonds. The Kier molecular flexibility index (Phi) is 5.09. The standard InChI is InChI=1S/C19H20N4O3/c1-3-8-23-16-7-5-4-6-14(16)17(19(23)26)22-21-10-15-13(11-24)9-20-12(2)18(15)25/h4-7,9-10,24-25H,3,8,11H2,1-2H3/b21-10+,22-17+. The zero-order valence-electron chi connectivity index (χ0n) is 14.7. The molecule has 2 N–H and O–H groups in total. The lowest BCUT2D eigenvalue weighted by Gasteiger charge is -2.14. The van der Waals surface area contributed by atoms with Crippen molar-refractivity contribution < 1.29 is 15.0 Å². The summed E-state index contributed by atoms with van der Waals surface area (Å²) in [5.41, 5.74) is 3.03. The summed E-state index contributed by atoms with van der Waals surface area (Å²) in [6.45, 7) is 3.98. The zero-order chi connectivity index (χ0) is 18.7. The molecule has 1 aromatic carbocycles. The van der Waals surface area contributed by atoms with Crippen molar-refractivity contribution >= 4 is 23.5 Å². The van der Waals surface area contributed by atoms with Gasteiger partial charge in [-0.05, 0) is 19.4 Å². The fraction of sp³-hybridized carbons (Fsp3) is 0.263. The summed E-state index contributed by atoms with van der Waals surface area (Å²) in [7, 11) is 0. The van der Waals surface area contributed by atoms with Crippen LogP contribution in [0.5, 0.6) is 5.75 Å². The first kappa shape index (κ1) is 17.8. The van der Waals surface area contributed by atoms with E-state index in [4.69, 9.17) is 0 Å². The highest BCUT2D eigenvalue weighted by Crippen LogP contribution is 2.29. The number of carbonyl (C=O) groups is 1. The van der Waals surface area contributed by atoms with Crippen molar-refractivity contribution in [2.24, 2.45) is 10.2 Å². The van der Waals surface area contributed by atoms with Crippen molar-refractivity contribution in [1.29, 1.82) is 0 Å². The van der Waals surface area contributed by atoms with Gasteiger partial charge in [-0.15, -0.1) is 5.10 Å². The van der Waals surface area contributed by atoms with Crippen LogP contribution in [-0.4, -0.2) is 39.6 Å². The molecule has 1 aliphatic heterocycles. The fourth-order valence-corrected chi connectivity index (χ4v) is 2.87. The molecule has 2 aromatic rings. The van der Waals surface area contributed by atoms with Crippen LogP contribution in [0.1, 0.15) is 35.7 Å². The molecule has 0 fully saturated rings. The second-order valence-corrected chi connectivity index (χ2v) is 5.96. The van der Waals surface area contributed by atoms with Gasteiger partial charge in [-0.2, -0.15) is 5.10 Å². The minimum Gasteiger partial charge on any atom is -0.505 e. The van der Waals surface area contributed by atoms with Crippen LogP contribution in [0.25, 0.3) is 0 Å². The fourth-order valence-electron chi connectivity index (χ4n) is 2.87. The van der Waals surface area contributed by atoms with Gasteiger partial charge in [0.2, 0.25) is 0 Å². The zero-order valence-corrected chi connectivity index (χ0v) is 14.7. The maximum Gasteiger partial charge on any atom is 0.279 e. The number of aliphatic hydroxyl groups excluding tert-OH is 1. The minimum absolute atomic E-state index is 0.0636. The monoisotopic (exact) mass is 352 g/mol. The van der Waals surface area contributed by atoms with E-state index in [0.717, 1.165) is 17.7 Å². The minimum atomic E-state index is -0.287. The summed E-state index contributed by atoms with van der Waals surface area (Å²) in [5.74, 6) is -0.256. The lowest BCUT2D eigenvalue weighted by molar-refractivity contribution is -0.112. The molecule has 2 heterocycles. The number of aromatic nitrogens is 1. The molecule has 134 valence electrons. The van der Waals surface area contributed by atoms with E-state index in [1.54, 1.807) is 11.8 Å². The van der Waals surface area contributed by atoms with Crippen molar-refractivity contribution in [3.05, 3.63) is 52.8 Å². The number of aromatic hydroxyl groups is 1. The van der Waals surface area contributed by atoms with Crippen LogP contribution in [0.3, 0.4) is 0 Å². The van der Waals surface area contributed by atoms with Gasteiger partial charge in [0.05, 0.1) is 24.2 Å². The third kappa shape index (κ3) is 3.09. The van der Waals surface area contributed by atoms with E-state index in [0.29, 0.717) is 23.4 Å². The maximum absolute atomic E-state index is 12.7. The van der Waals surface area contributed by atoms with Crippen LogP contribution in [0, 0.1) is 6.92 Å². The number of nitrogens with zero attached hydrogens (tertiary/aromatic N) is 4. The Balaban J connectivity index is 1.98. The Bertz CT molecular complexity index is 906. The van der Waals surface area contributed by atoms with Crippen LogP contribution < -0.4 is 4.90 Å². The quantitative estimate of drug-likeness (QED) is 0.636. The van der Waals surface area contributed by atoms with Gasteiger partial charge in [0, 0.05) is 29.4 Å². The van der Waals surface area contributed by atoms with Crippen molar-refractivity contribution in [2.75, 3.05) is 11.4 Å². The summed E-state index contributed by atoms with van der Waals surface area (Å²) >= 11 is 0. The van der Waals surface area contributed by atoms with Crippen molar-refractivity contribution in [2.45, 2.75) is 26.9 Å². The lowest BCUT2D eigenvalue weighted by Crippen LogP contribution is -2.30. The van der Waals surface area contributed by atoms with E-state index < -0.39 is 0 Å². The summed E-state index contributed by atoms with van der Waals surface area (Å²) in [6.07, 6.45) is 3.64. The summed E-state index contributed by atoms with van der Waals surface area (Å²) < 4.78 is 0. The molecule has 0 saturated carbocycles. The molecule has 0 aliphatic carbocycles. The Morgan fingerprint density at radius 2 is 2.08 bits per heavy atom. The number of carbonyl (C=O) groups excluding carboxylic acids is 1. The summed E-state index contributed by atoms with van der Waals surface area (Å²) in [5, 5.41) is 27.6. The molecule has 0 saturated heterocycles. The van der Waals surface area contributed by atoms with Gasteiger partial charge in [0.15, 0.2) is 5.71 Å². The predicted octanol–water partition coefficient (Wildman–Crippen LogP) is 2.17. The van der Waals surface area contributed by atoms with E-state index in [1.807, 2.05) is 31.2 Å². The van der Waals surface area contributed by atoms with Crippen molar-refractivity contribution in [3.63, 3.8) is 0 Å². The first-order chi connectivity index (χ1) is 12.6. The second-order valence-electron chi connectivity index (χ2n) is 5.96. The Hall–Kier alpha value is -3.06. The summed E-state index contributed by atoms with van der Waals surface area (Å²) in [4.78, 5) is 18.4. The number of pyridine rings is 1. The number of para-hydroxylation sites is 1. The number of hydrogen-bond donors (Lipinski definition) is 2. The molecule has 3 rings (SSSR count). The van der Waals surface area contributed by atoms with Crippen molar-refractivity contribution in [1.82, 2.24) is 4.98 Å². The van der Waals surface area contributed by atoms with Gasteiger partial charge in [-0.25, -0.2) is 0 Å². The second kappa shape index (κ2) is 7.45. The van der Waals surface area contributed by atoms with Crippen molar-refractivity contribution in [3.8, 4) is 5.75 Å². The normalized spacial score (nSPS) is 15.3. The van der Waals surface area contributed by atoms with Gasteiger partial charge < -0.3 is 15.1 Å². The third-order valence-electron chi connectivity index (χ3n) is 4.22. The molecule has 0 spiro atoms. The third-order valence-corrected chi connectivity index (χ3v) is 4.22.